The molecule has 1 heterocycles. The maximum Gasteiger partial charge on any atom is 0.237 e. The van der Waals surface area contributed by atoms with Gasteiger partial charge in [0.25, 0.3) is 0 Å². The SMILES string of the molecule is CCC(C(=O)NC)N1CCCCC1. The van der Waals surface area contributed by atoms with Gasteiger partial charge < -0.3 is 5.32 Å². The highest BCUT2D eigenvalue weighted by molar-refractivity contribution is 5.81. The second kappa shape index (κ2) is 5.22. The molecule has 1 saturated heterocycles. The lowest BCUT2D eigenvalue weighted by molar-refractivity contribution is -0.126. The van der Waals surface area contributed by atoms with E-state index in [0.29, 0.717) is 0 Å². The van der Waals surface area contributed by atoms with Crippen LogP contribution in [-0.2, 0) is 4.79 Å². The Kier molecular flexibility index (Phi) is 4.22. The van der Waals surface area contributed by atoms with Crippen molar-refractivity contribution in [3.63, 3.8) is 0 Å². The summed E-state index contributed by atoms with van der Waals surface area (Å²) >= 11 is 0. The van der Waals surface area contributed by atoms with E-state index in [1.807, 2.05) is 0 Å². The van der Waals surface area contributed by atoms with E-state index in [1.165, 1.54) is 19.3 Å². The summed E-state index contributed by atoms with van der Waals surface area (Å²) in [6.45, 7) is 4.26. The Hall–Kier alpha value is -0.570. The van der Waals surface area contributed by atoms with E-state index in [1.54, 1.807) is 7.05 Å². The van der Waals surface area contributed by atoms with Crippen LogP contribution in [-0.4, -0.2) is 37.0 Å². The van der Waals surface area contributed by atoms with Gasteiger partial charge in [-0.15, -0.1) is 0 Å². The number of likely N-dealkylation sites (tertiary alicyclic amines) is 1. The van der Waals surface area contributed by atoms with Gasteiger partial charge in [0.1, 0.15) is 0 Å². The van der Waals surface area contributed by atoms with Crippen LogP contribution >= 0.6 is 0 Å². The Morgan fingerprint density at radius 2 is 2.00 bits per heavy atom. The first-order valence-corrected chi connectivity index (χ1v) is 5.25. The lowest BCUT2D eigenvalue weighted by atomic mass is 10.1. The van der Waals surface area contributed by atoms with E-state index in [0.717, 1.165) is 19.5 Å². The molecule has 0 aromatic carbocycles. The molecular formula is C10H20N2O. The molecule has 1 aliphatic heterocycles. The van der Waals surface area contributed by atoms with Crippen LogP contribution in [0.2, 0.25) is 0 Å². The molecule has 0 radical (unpaired) electrons. The smallest absolute Gasteiger partial charge is 0.237 e. The highest BCUT2D eigenvalue weighted by Gasteiger charge is 2.24. The second-order valence-corrected chi connectivity index (χ2v) is 3.63. The molecule has 1 amide bonds. The number of carbonyl (C=O) groups excluding carboxylic acids is 1. The largest absolute Gasteiger partial charge is 0.358 e. The van der Waals surface area contributed by atoms with Gasteiger partial charge in [-0.1, -0.05) is 13.3 Å². The first kappa shape index (κ1) is 10.5. The molecule has 0 saturated carbocycles. The molecule has 3 heteroatoms. The Morgan fingerprint density at radius 3 is 2.46 bits per heavy atom. The molecule has 1 unspecified atom stereocenters. The van der Waals surface area contributed by atoms with Gasteiger partial charge in [-0.2, -0.15) is 0 Å². The van der Waals surface area contributed by atoms with Crippen molar-refractivity contribution < 1.29 is 4.79 Å². The Morgan fingerprint density at radius 1 is 1.38 bits per heavy atom. The van der Waals surface area contributed by atoms with Crippen molar-refractivity contribution in [2.24, 2.45) is 0 Å². The van der Waals surface area contributed by atoms with Gasteiger partial charge in [0, 0.05) is 7.05 Å². The summed E-state index contributed by atoms with van der Waals surface area (Å²) in [6, 6.07) is 0.102. The summed E-state index contributed by atoms with van der Waals surface area (Å²) in [7, 11) is 1.72. The lowest BCUT2D eigenvalue weighted by Crippen LogP contribution is -2.47. The highest BCUT2D eigenvalue weighted by atomic mass is 16.2. The monoisotopic (exact) mass is 184 g/mol. The van der Waals surface area contributed by atoms with Gasteiger partial charge >= 0.3 is 0 Å². The van der Waals surface area contributed by atoms with Crippen LogP contribution in [0.3, 0.4) is 0 Å². The fourth-order valence-electron chi connectivity index (χ4n) is 2.01. The van der Waals surface area contributed by atoms with Gasteiger partial charge in [0.15, 0.2) is 0 Å². The average Bonchev–Trinajstić information content (AvgIpc) is 2.20. The summed E-state index contributed by atoms with van der Waals surface area (Å²) in [5.74, 6) is 0.171. The first-order valence-electron chi connectivity index (χ1n) is 5.25. The summed E-state index contributed by atoms with van der Waals surface area (Å²) in [4.78, 5) is 13.8. The number of amides is 1. The third-order valence-corrected chi connectivity index (χ3v) is 2.77. The molecule has 76 valence electrons. The van der Waals surface area contributed by atoms with Crippen LogP contribution in [0.1, 0.15) is 32.6 Å². The third-order valence-electron chi connectivity index (χ3n) is 2.77. The number of hydrogen-bond acceptors (Lipinski definition) is 2. The van der Waals surface area contributed by atoms with Crippen LogP contribution in [0.25, 0.3) is 0 Å². The highest BCUT2D eigenvalue weighted by Crippen LogP contribution is 2.14. The van der Waals surface area contributed by atoms with Crippen molar-refractivity contribution in [3.05, 3.63) is 0 Å². The number of carbonyl (C=O) groups is 1. The minimum Gasteiger partial charge on any atom is -0.358 e. The van der Waals surface area contributed by atoms with Crippen molar-refractivity contribution in [2.75, 3.05) is 20.1 Å². The molecule has 13 heavy (non-hydrogen) atoms. The van der Waals surface area contributed by atoms with Gasteiger partial charge in [0.2, 0.25) is 5.91 Å². The molecule has 1 fully saturated rings. The number of nitrogens with one attached hydrogen (secondary N) is 1. The van der Waals surface area contributed by atoms with Gasteiger partial charge in [0.05, 0.1) is 6.04 Å². The molecule has 1 aliphatic rings. The van der Waals surface area contributed by atoms with E-state index in [2.05, 4.69) is 17.1 Å². The minimum atomic E-state index is 0.102. The zero-order chi connectivity index (χ0) is 9.68. The summed E-state index contributed by atoms with van der Waals surface area (Å²) < 4.78 is 0. The third kappa shape index (κ3) is 2.69. The quantitative estimate of drug-likeness (QED) is 0.709. The Labute approximate surface area is 80.5 Å². The van der Waals surface area contributed by atoms with Crippen molar-refractivity contribution >= 4 is 5.91 Å². The lowest BCUT2D eigenvalue weighted by Gasteiger charge is -2.32. The molecule has 0 aliphatic carbocycles. The zero-order valence-electron chi connectivity index (χ0n) is 8.68. The molecule has 0 bridgehead atoms. The topological polar surface area (TPSA) is 32.3 Å². The number of rotatable bonds is 3. The maximum atomic E-state index is 11.5. The Balaban J connectivity index is 2.48. The molecule has 1 rings (SSSR count). The van der Waals surface area contributed by atoms with Crippen LogP contribution < -0.4 is 5.32 Å². The first-order chi connectivity index (χ1) is 6.29. The van der Waals surface area contributed by atoms with Crippen molar-refractivity contribution in [1.82, 2.24) is 10.2 Å². The fourth-order valence-corrected chi connectivity index (χ4v) is 2.01. The number of piperidine rings is 1. The molecule has 0 spiro atoms. The van der Waals surface area contributed by atoms with Crippen molar-refractivity contribution in [2.45, 2.75) is 38.6 Å². The molecule has 0 aromatic rings. The van der Waals surface area contributed by atoms with E-state index >= 15 is 0 Å². The maximum absolute atomic E-state index is 11.5. The van der Waals surface area contributed by atoms with Crippen LogP contribution in [0, 0.1) is 0 Å². The number of likely N-dealkylation sites (N-methyl/N-ethyl adjacent to an activating group) is 1. The van der Waals surface area contributed by atoms with Crippen LogP contribution in [0.15, 0.2) is 0 Å². The fraction of sp³-hybridized carbons (Fsp3) is 0.900. The van der Waals surface area contributed by atoms with E-state index in [9.17, 15) is 4.79 Å². The van der Waals surface area contributed by atoms with E-state index < -0.39 is 0 Å². The van der Waals surface area contributed by atoms with Crippen molar-refractivity contribution in [3.8, 4) is 0 Å². The molecule has 3 nitrogen and oxygen atoms in total. The van der Waals surface area contributed by atoms with Crippen LogP contribution in [0.4, 0.5) is 0 Å². The predicted molar refractivity (Wildman–Crippen MR) is 53.6 cm³/mol. The minimum absolute atomic E-state index is 0.102. The summed E-state index contributed by atoms with van der Waals surface area (Å²) in [6.07, 6.45) is 4.72. The molecular weight excluding hydrogens is 164 g/mol. The average molecular weight is 184 g/mol. The molecule has 1 N–H and O–H groups in total. The van der Waals surface area contributed by atoms with E-state index in [4.69, 9.17) is 0 Å². The summed E-state index contributed by atoms with van der Waals surface area (Å²) in [5.41, 5.74) is 0. The normalized spacial score (nSPS) is 21.1. The van der Waals surface area contributed by atoms with Crippen molar-refractivity contribution in [1.29, 1.82) is 0 Å². The zero-order valence-corrected chi connectivity index (χ0v) is 8.68. The van der Waals surface area contributed by atoms with Gasteiger partial charge in [-0.25, -0.2) is 0 Å². The van der Waals surface area contributed by atoms with E-state index in [-0.39, 0.29) is 11.9 Å². The predicted octanol–water partition coefficient (Wildman–Crippen LogP) is 0.997. The number of nitrogens with zero attached hydrogens (tertiary/aromatic N) is 1. The number of hydrogen-bond donors (Lipinski definition) is 1. The van der Waals surface area contributed by atoms with Crippen LogP contribution in [0.5, 0.6) is 0 Å². The summed E-state index contributed by atoms with van der Waals surface area (Å²) in [5, 5.41) is 2.73. The van der Waals surface area contributed by atoms with Gasteiger partial charge in [-0.05, 0) is 32.4 Å². The standard InChI is InChI=1S/C10H20N2O/c1-3-9(10(13)11-2)12-7-5-4-6-8-12/h9H,3-8H2,1-2H3,(H,11,13). The molecule has 0 aromatic heterocycles. The second-order valence-electron chi connectivity index (χ2n) is 3.63. The molecule has 1 atom stereocenters. The van der Waals surface area contributed by atoms with Gasteiger partial charge in [-0.3, -0.25) is 9.69 Å². The Bertz CT molecular complexity index is 164.